The van der Waals surface area contributed by atoms with E-state index in [1.807, 2.05) is 38.1 Å². The van der Waals surface area contributed by atoms with Crippen LogP contribution in [-0.4, -0.2) is 15.0 Å². The molecular formula is C18H22FNO2S. The highest BCUT2D eigenvalue weighted by Gasteiger charge is 2.25. The van der Waals surface area contributed by atoms with Gasteiger partial charge in [-0.25, -0.2) is 12.8 Å². The fourth-order valence-electron chi connectivity index (χ4n) is 2.31. The molecule has 2 rings (SSSR count). The molecule has 0 aromatic heterocycles. The second-order valence-electron chi connectivity index (χ2n) is 5.90. The van der Waals surface area contributed by atoms with Gasteiger partial charge in [0, 0.05) is 6.54 Å². The van der Waals surface area contributed by atoms with Crippen molar-refractivity contribution in [2.75, 3.05) is 10.8 Å². The molecule has 0 saturated heterocycles. The monoisotopic (exact) mass is 335 g/mol. The first kappa shape index (κ1) is 17.5. The summed E-state index contributed by atoms with van der Waals surface area (Å²) in [6.07, 6.45) is 0.898. The number of rotatable bonds is 6. The Balaban J connectivity index is 2.46. The smallest absolute Gasteiger partial charge is 0.264 e. The SMILES string of the molecule is CCc1ccc(N(CC(C)C)S(=O)(=O)c2ccc(F)cc2)cc1. The molecule has 23 heavy (non-hydrogen) atoms. The minimum absolute atomic E-state index is 0.0964. The summed E-state index contributed by atoms with van der Waals surface area (Å²) in [7, 11) is -3.72. The van der Waals surface area contributed by atoms with Gasteiger partial charge in [0.2, 0.25) is 0 Å². The van der Waals surface area contributed by atoms with Crippen LogP contribution in [0, 0.1) is 11.7 Å². The van der Waals surface area contributed by atoms with Gasteiger partial charge in [0.25, 0.3) is 10.0 Å². The molecule has 0 heterocycles. The van der Waals surface area contributed by atoms with E-state index >= 15 is 0 Å². The summed E-state index contributed by atoms with van der Waals surface area (Å²) in [5.41, 5.74) is 1.78. The van der Waals surface area contributed by atoms with Gasteiger partial charge in [-0.05, 0) is 54.3 Å². The highest BCUT2D eigenvalue weighted by atomic mass is 32.2. The van der Waals surface area contributed by atoms with Crippen molar-refractivity contribution in [3.05, 3.63) is 59.9 Å². The maximum atomic E-state index is 13.1. The van der Waals surface area contributed by atoms with Crippen LogP contribution >= 0.6 is 0 Å². The summed E-state index contributed by atoms with van der Waals surface area (Å²) in [5.74, 6) is -0.289. The Morgan fingerprint density at radius 2 is 1.57 bits per heavy atom. The lowest BCUT2D eigenvalue weighted by atomic mass is 10.1. The number of hydrogen-bond acceptors (Lipinski definition) is 2. The van der Waals surface area contributed by atoms with Crippen molar-refractivity contribution in [2.24, 2.45) is 5.92 Å². The molecule has 2 aromatic rings. The second-order valence-corrected chi connectivity index (χ2v) is 7.77. The van der Waals surface area contributed by atoms with Gasteiger partial charge in [-0.15, -0.1) is 0 Å². The van der Waals surface area contributed by atoms with E-state index in [0.717, 1.165) is 12.0 Å². The Labute approximate surface area is 137 Å². The maximum Gasteiger partial charge on any atom is 0.264 e. The molecule has 0 N–H and O–H groups in total. The zero-order chi connectivity index (χ0) is 17.0. The molecule has 124 valence electrons. The van der Waals surface area contributed by atoms with Crippen molar-refractivity contribution in [2.45, 2.75) is 32.1 Å². The summed E-state index contributed by atoms with van der Waals surface area (Å²) in [5, 5.41) is 0. The highest BCUT2D eigenvalue weighted by Crippen LogP contribution is 2.25. The highest BCUT2D eigenvalue weighted by molar-refractivity contribution is 7.92. The summed E-state index contributed by atoms with van der Waals surface area (Å²) in [6, 6.07) is 12.5. The number of halogens is 1. The van der Waals surface area contributed by atoms with Crippen LogP contribution in [0.1, 0.15) is 26.3 Å². The van der Waals surface area contributed by atoms with E-state index in [2.05, 4.69) is 6.92 Å². The lowest BCUT2D eigenvalue weighted by Gasteiger charge is -2.26. The second kappa shape index (κ2) is 7.13. The predicted molar refractivity (Wildman–Crippen MR) is 91.6 cm³/mol. The molecule has 0 saturated carbocycles. The van der Waals surface area contributed by atoms with Gasteiger partial charge in [0.1, 0.15) is 5.82 Å². The average Bonchev–Trinajstić information content (AvgIpc) is 2.53. The van der Waals surface area contributed by atoms with E-state index in [1.165, 1.54) is 28.6 Å². The van der Waals surface area contributed by atoms with Crippen molar-refractivity contribution in [1.29, 1.82) is 0 Å². The van der Waals surface area contributed by atoms with Crippen LogP contribution < -0.4 is 4.31 Å². The van der Waals surface area contributed by atoms with Crippen LogP contribution in [-0.2, 0) is 16.4 Å². The van der Waals surface area contributed by atoms with Crippen molar-refractivity contribution < 1.29 is 12.8 Å². The number of benzene rings is 2. The van der Waals surface area contributed by atoms with Crippen molar-refractivity contribution in [3.8, 4) is 0 Å². The molecular weight excluding hydrogens is 313 g/mol. The Kier molecular flexibility index (Phi) is 5.42. The molecule has 0 unspecified atom stereocenters. The molecule has 0 spiro atoms. The van der Waals surface area contributed by atoms with Gasteiger partial charge < -0.3 is 0 Å². The Morgan fingerprint density at radius 3 is 2.04 bits per heavy atom. The Morgan fingerprint density at radius 1 is 1.00 bits per heavy atom. The normalized spacial score (nSPS) is 11.7. The van der Waals surface area contributed by atoms with E-state index in [0.29, 0.717) is 12.2 Å². The first-order chi connectivity index (χ1) is 10.8. The van der Waals surface area contributed by atoms with E-state index < -0.39 is 15.8 Å². The lowest BCUT2D eigenvalue weighted by Crippen LogP contribution is -2.34. The number of aryl methyl sites for hydroxylation is 1. The van der Waals surface area contributed by atoms with Gasteiger partial charge in [0.05, 0.1) is 10.6 Å². The van der Waals surface area contributed by atoms with Gasteiger partial charge >= 0.3 is 0 Å². The number of anilines is 1. The number of sulfonamides is 1. The molecule has 0 aliphatic heterocycles. The molecule has 0 aliphatic rings. The summed E-state index contributed by atoms with van der Waals surface area (Å²) in [4.78, 5) is 0.0964. The maximum absolute atomic E-state index is 13.1. The van der Waals surface area contributed by atoms with E-state index in [1.54, 1.807) is 0 Å². The summed E-state index contributed by atoms with van der Waals surface area (Å²) in [6.45, 7) is 6.35. The third kappa shape index (κ3) is 4.10. The molecule has 5 heteroatoms. The fourth-order valence-corrected chi connectivity index (χ4v) is 3.93. The zero-order valence-electron chi connectivity index (χ0n) is 13.7. The van der Waals surface area contributed by atoms with E-state index in [4.69, 9.17) is 0 Å². The van der Waals surface area contributed by atoms with Crippen LogP contribution in [0.25, 0.3) is 0 Å². The third-order valence-electron chi connectivity index (χ3n) is 3.57. The van der Waals surface area contributed by atoms with Crippen LogP contribution in [0.4, 0.5) is 10.1 Å². The first-order valence-electron chi connectivity index (χ1n) is 7.72. The molecule has 3 nitrogen and oxygen atoms in total. The van der Waals surface area contributed by atoms with Gasteiger partial charge in [0.15, 0.2) is 0 Å². The molecule has 0 aliphatic carbocycles. The standard InChI is InChI=1S/C18H22FNO2S/c1-4-15-5-9-17(10-6-15)20(13-14(2)3)23(21,22)18-11-7-16(19)8-12-18/h5-12,14H,4,13H2,1-3H3. The van der Waals surface area contributed by atoms with Crippen LogP contribution in [0.2, 0.25) is 0 Å². The molecule has 0 bridgehead atoms. The van der Waals surface area contributed by atoms with Gasteiger partial charge in [-0.3, -0.25) is 4.31 Å². The molecule has 0 fully saturated rings. The van der Waals surface area contributed by atoms with Crippen molar-refractivity contribution >= 4 is 15.7 Å². The van der Waals surface area contributed by atoms with Crippen LogP contribution in [0.3, 0.4) is 0 Å². The van der Waals surface area contributed by atoms with Gasteiger partial charge in [-0.2, -0.15) is 0 Å². The minimum Gasteiger partial charge on any atom is -0.266 e. The summed E-state index contributed by atoms with van der Waals surface area (Å²) >= 11 is 0. The zero-order valence-corrected chi connectivity index (χ0v) is 14.5. The van der Waals surface area contributed by atoms with Crippen LogP contribution in [0.5, 0.6) is 0 Å². The molecule has 0 amide bonds. The topological polar surface area (TPSA) is 37.4 Å². The van der Waals surface area contributed by atoms with Crippen LogP contribution in [0.15, 0.2) is 53.4 Å². The Hall–Kier alpha value is -1.88. The third-order valence-corrected chi connectivity index (χ3v) is 5.37. The first-order valence-corrected chi connectivity index (χ1v) is 9.16. The lowest BCUT2D eigenvalue weighted by molar-refractivity contribution is 0.577. The number of nitrogens with zero attached hydrogens (tertiary/aromatic N) is 1. The Bertz CT molecular complexity index is 738. The molecule has 2 aromatic carbocycles. The van der Waals surface area contributed by atoms with Crippen molar-refractivity contribution in [3.63, 3.8) is 0 Å². The fraction of sp³-hybridized carbons (Fsp3) is 0.333. The minimum atomic E-state index is -3.72. The molecule has 0 radical (unpaired) electrons. The van der Waals surface area contributed by atoms with Gasteiger partial charge in [-0.1, -0.05) is 32.9 Å². The van der Waals surface area contributed by atoms with Crippen molar-refractivity contribution in [1.82, 2.24) is 0 Å². The van der Waals surface area contributed by atoms with E-state index in [-0.39, 0.29) is 10.8 Å². The molecule has 0 atom stereocenters. The largest absolute Gasteiger partial charge is 0.266 e. The van der Waals surface area contributed by atoms with E-state index in [9.17, 15) is 12.8 Å². The average molecular weight is 335 g/mol. The number of hydrogen-bond donors (Lipinski definition) is 0. The summed E-state index contributed by atoms with van der Waals surface area (Å²) < 4.78 is 40.4. The quantitative estimate of drug-likeness (QED) is 0.792. The predicted octanol–water partition coefficient (Wildman–Crippen LogP) is 4.24.